The van der Waals surface area contributed by atoms with Crippen LogP contribution in [0.5, 0.6) is 11.5 Å². The van der Waals surface area contributed by atoms with E-state index in [4.69, 9.17) is 42.4 Å². The van der Waals surface area contributed by atoms with Crippen LogP contribution >= 0.6 is 34.5 Å². The van der Waals surface area contributed by atoms with E-state index < -0.39 is 23.4 Å². The highest BCUT2D eigenvalue weighted by atomic mass is 35.5. The highest BCUT2D eigenvalue weighted by molar-refractivity contribution is 7.07. The Bertz CT molecular complexity index is 2160. The average Bonchev–Trinajstić information content (AvgIpc) is 3.38. The van der Waals surface area contributed by atoms with Gasteiger partial charge in [0.25, 0.3) is 5.56 Å². The number of rotatable bonds is 9. The first-order valence-corrected chi connectivity index (χ1v) is 16.1. The maximum absolute atomic E-state index is 14.2. The van der Waals surface area contributed by atoms with Crippen LogP contribution in [0.15, 0.2) is 106 Å². The van der Waals surface area contributed by atoms with Crippen molar-refractivity contribution in [3.05, 3.63) is 154 Å². The summed E-state index contributed by atoms with van der Waals surface area (Å²) >= 11 is 13.8. The summed E-state index contributed by atoms with van der Waals surface area (Å²) < 4.78 is 32.9. The minimum absolute atomic E-state index is 0.118. The van der Waals surface area contributed by atoms with Crippen LogP contribution in [0.2, 0.25) is 10.0 Å². The lowest BCUT2D eigenvalue weighted by Gasteiger charge is -2.25. The van der Waals surface area contributed by atoms with Gasteiger partial charge in [0, 0.05) is 10.6 Å². The van der Waals surface area contributed by atoms with E-state index in [9.17, 15) is 14.0 Å². The second-order valence-corrected chi connectivity index (χ2v) is 12.3. The highest BCUT2D eigenvalue weighted by Crippen LogP contribution is 2.38. The van der Waals surface area contributed by atoms with Crippen molar-refractivity contribution in [3.8, 4) is 11.5 Å². The van der Waals surface area contributed by atoms with Gasteiger partial charge in [-0.2, -0.15) is 0 Å². The second-order valence-electron chi connectivity index (χ2n) is 10.4. The summed E-state index contributed by atoms with van der Waals surface area (Å²) in [5, 5.41) is 0.911. The summed E-state index contributed by atoms with van der Waals surface area (Å²) in [6, 6.07) is 24.6. The fraction of sp³-hybridized carbons (Fsp3) is 0.139. The number of nitrogens with zero attached hydrogens (tertiary/aromatic N) is 2. The van der Waals surface area contributed by atoms with Crippen LogP contribution in [0.1, 0.15) is 35.2 Å². The number of esters is 1. The van der Waals surface area contributed by atoms with Crippen LogP contribution in [0, 0.1) is 5.82 Å². The minimum Gasteiger partial charge on any atom is -0.493 e. The first-order chi connectivity index (χ1) is 22.8. The van der Waals surface area contributed by atoms with Gasteiger partial charge in [0.1, 0.15) is 12.4 Å². The summed E-state index contributed by atoms with van der Waals surface area (Å²) in [5.74, 6) is -0.335. The van der Waals surface area contributed by atoms with Gasteiger partial charge in [-0.3, -0.25) is 9.36 Å². The van der Waals surface area contributed by atoms with Crippen molar-refractivity contribution in [2.24, 2.45) is 4.99 Å². The molecular formula is C36H27Cl2FN2O5S. The number of benzene rings is 4. The molecule has 0 fully saturated rings. The van der Waals surface area contributed by atoms with E-state index in [0.29, 0.717) is 48.2 Å². The fourth-order valence-electron chi connectivity index (χ4n) is 5.25. The maximum atomic E-state index is 14.2. The Morgan fingerprint density at radius 3 is 2.43 bits per heavy atom. The van der Waals surface area contributed by atoms with Crippen LogP contribution in [-0.4, -0.2) is 24.3 Å². The predicted molar refractivity (Wildman–Crippen MR) is 181 cm³/mol. The van der Waals surface area contributed by atoms with Crippen molar-refractivity contribution in [3.63, 3.8) is 0 Å². The van der Waals surface area contributed by atoms with Gasteiger partial charge in [-0.05, 0) is 66.1 Å². The zero-order valence-corrected chi connectivity index (χ0v) is 27.5. The number of aromatic nitrogens is 1. The number of fused-ring (bicyclic) bond motifs is 1. The molecule has 0 saturated heterocycles. The fourth-order valence-corrected chi connectivity index (χ4v) is 6.65. The summed E-state index contributed by atoms with van der Waals surface area (Å²) in [6.45, 7) is 2.06. The van der Waals surface area contributed by atoms with E-state index in [1.165, 1.54) is 23.8 Å². The molecule has 2 heterocycles. The van der Waals surface area contributed by atoms with Gasteiger partial charge in [-0.1, -0.05) is 89.1 Å². The van der Waals surface area contributed by atoms with Crippen molar-refractivity contribution in [2.45, 2.75) is 19.6 Å². The lowest BCUT2D eigenvalue weighted by atomic mass is 9.93. The molecule has 11 heteroatoms. The first kappa shape index (κ1) is 32.2. The highest BCUT2D eigenvalue weighted by Gasteiger charge is 2.35. The van der Waals surface area contributed by atoms with E-state index >= 15 is 0 Å². The quantitative estimate of drug-likeness (QED) is 0.156. The van der Waals surface area contributed by atoms with Gasteiger partial charge in [0.05, 0.1) is 40.6 Å². The Hall–Kier alpha value is -4.70. The average molecular weight is 690 g/mol. The van der Waals surface area contributed by atoms with Crippen molar-refractivity contribution >= 4 is 52.3 Å². The third-order valence-corrected chi connectivity index (χ3v) is 8.92. The Kier molecular flexibility index (Phi) is 9.58. The molecule has 7 nitrogen and oxygen atoms in total. The molecule has 1 atom stereocenters. The van der Waals surface area contributed by atoms with Crippen molar-refractivity contribution in [1.82, 2.24) is 4.57 Å². The van der Waals surface area contributed by atoms with E-state index in [1.54, 1.807) is 49.4 Å². The van der Waals surface area contributed by atoms with Crippen LogP contribution in [0.25, 0.3) is 11.8 Å². The molecule has 238 valence electrons. The van der Waals surface area contributed by atoms with E-state index in [2.05, 4.69) is 0 Å². The van der Waals surface area contributed by atoms with Gasteiger partial charge < -0.3 is 14.2 Å². The zero-order valence-electron chi connectivity index (χ0n) is 25.2. The maximum Gasteiger partial charge on any atom is 0.338 e. The molecule has 0 unspecified atom stereocenters. The number of carbonyl (C=O) groups is 1. The molecule has 6 rings (SSSR count). The molecule has 0 N–H and O–H groups in total. The minimum atomic E-state index is -0.926. The van der Waals surface area contributed by atoms with Gasteiger partial charge in [0.2, 0.25) is 0 Å². The van der Waals surface area contributed by atoms with Crippen LogP contribution < -0.4 is 24.4 Å². The van der Waals surface area contributed by atoms with Crippen LogP contribution in [0.4, 0.5) is 4.39 Å². The molecule has 0 bridgehead atoms. The molecule has 1 aliphatic rings. The summed E-state index contributed by atoms with van der Waals surface area (Å²) in [7, 11) is 1.50. The molecule has 4 aromatic carbocycles. The standard InChI is InChI=1S/C36H27Cl2FN2O5S/c1-3-45-35(43)30-31(23-7-5-4-6-8-23)40-36-41(32(30)24-11-15-26(39)16-12-24)34(42)29(47-36)19-22-17-27(38)33(28(18-22)44-2)46-20-21-9-13-25(37)14-10-21/h4-19,32H,3,20H2,1-2H3/b29-19-/t32-/m1/s1. The molecule has 47 heavy (non-hydrogen) atoms. The SMILES string of the molecule is CCOC(=O)C1=C(c2ccccc2)N=c2s/c(=C\c3cc(Cl)c(OCc4ccc(Cl)cc4)c(OC)c3)c(=O)n2[C@@H]1c1ccc(F)cc1. The molecule has 1 aromatic heterocycles. The molecule has 0 radical (unpaired) electrons. The molecule has 0 amide bonds. The topological polar surface area (TPSA) is 79.1 Å². The van der Waals surface area contributed by atoms with E-state index in [0.717, 1.165) is 16.9 Å². The number of ether oxygens (including phenoxy) is 3. The van der Waals surface area contributed by atoms with Gasteiger partial charge in [-0.25, -0.2) is 14.2 Å². The smallest absolute Gasteiger partial charge is 0.338 e. The van der Waals surface area contributed by atoms with Gasteiger partial charge in [-0.15, -0.1) is 0 Å². The second kappa shape index (κ2) is 14.0. The zero-order chi connectivity index (χ0) is 33.1. The van der Waals surface area contributed by atoms with E-state index in [-0.39, 0.29) is 23.8 Å². The van der Waals surface area contributed by atoms with Crippen molar-refractivity contribution in [1.29, 1.82) is 0 Å². The van der Waals surface area contributed by atoms with Crippen LogP contribution in [-0.2, 0) is 16.1 Å². The monoisotopic (exact) mass is 688 g/mol. The number of thiazole rings is 1. The number of halogens is 3. The molecule has 0 spiro atoms. The van der Waals surface area contributed by atoms with Crippen molar-refractivity contribution in [2.75, 3.05) is 13.7 Å². The first-order valence-electron chi connectivity index (χ1n) is 14.6. The third-order valence-electron chi connectivity index (χ3n) is 7.41. The number of carbonyl (C=O) groups excluding carboxylic acids is 1. The Balaban J connectivity index is 1.48. The molecule has 0 aliphatic carbocycles. The Labute approximate surface area is 283 Å². The predicted octanol–water partition coefficient (Wildman–Crippen LogP) is 6.97. The van der Waals surface area contributed by atoms with Gasteiger partial charge in [0.15, 0.2) is 16.3 Å². The third kappa shape index (κ3) is 6.74. The molecule has 5 aromatic rings. The Morgan fingerprint density at radius 2 is 1.74 bits per heavy atom. The normalized spacial score (nSPS) is 14.4. The van der Waals surface area contributed by atoms with Crippen molar-refractivity contribution < 1.29 is 23.4 Å². The molecular weight excluding hydrogens is 662 g/mol. The molecule has 0 saturated carbocycles. The molecule has 1 aliphatic heterocycles. The van der Waals surface area contributed by atoms with Gasteiger partial charge >= 0.3 is 5.97 Å². The summed E-state index contributed by atoms with van der Waals surface area (Å²) in [5.41, 5.74) is 2.83. The summed E-state index contributed by atoms with van der Waals surface area (Å²) in [6.07, 6.45) is 1.68. The number of hydrogen-bond donors (Lipinski definition) is 0. The van der Waals surface area contributed by atoms with Crippen LogP contribution in [0.3, 0.4) is 0 Å². The van der Waals surface area contributed by atoms with E-state index in [1.807, 2.05) is 42.5 Å². The number of hydrogen-bond acceptors (Lipinski definition) is 7. The lowest BCUT2D eigenvalue weighted by molar-refractivity contribution is -0.138. The number of methoxy groups -OCH3 is 1. The Morgan fingerprint density at radius 1 is 1.02 bits per heavy atom. The lowest BCUT2D eigenvalue weighted by Crippen LogP contribution is -2.40. The summed E-state index contributed by atoms with van der Waals surface area (Å²) in [4.78, 5) is 32.9. The largest absolute Gasteiger partial charge is 0.493 e.